The van der Waals surface area contributed by atoms with Crippen molar-refractivity contribution in [1.82, 2.24) is 14.5 Å². The van der Waals surface area contributed by atoms with Crippen molar-refractivity contribution in [3.63, 3.8) is 0 Å². The molecule has 1 aliphatic heterocycles. The van der Waals surface area contributed by atoms with Gasteiger partial charge < -0.3 is 30.1 Å². The van der Waals surface area contributed by atoms with Crippen LogP contribution in [0.15, 0.2) is 12.3 Å². The van der Waals surface area contributed by atoms with Crippen LogP contribution >= 0.6 is 19.2 Å². The van der Waals surface area contributed by atoms with Gasteiger partial charge in [0.2, 0.25) is 5.28 Å². The van der Waals surface area contributed by atoms with Gasteiger partial charge in [-0.2, -0.15) is 4.98 Å². The minimum atomic E-state index is -3.84. The van der Waals surface area contributed by atoms with E-state index in [1.54, 1.807) is 12.3 Å². The lowest BCUT2D eigenvalue weighted by molar-refractivity contribution is -0.238. The molecule has 2 aromatic heterocycles. The zero-order chi connectivity index (χ0) is 18.4. The first kappa shape index (κ1) is 18.5. The lowest BCUT2D eigenvalue weighted by Gasteiger charge is -2.17. The summed E-state index contributed by atoms with van der Waals surface area (Å²) in [5.74, 6) is 0.164. The highest BCUT2D eigenvalue weighted by Crippen LogP contribution is 2.38. The van der Waals surface area contributed by atoms with Gasteiger partial charge in [-0.05, 0) is 17.7 Å². The van der Waals surface area contributed by atoms with Gasteiger partial charge in [0, 0.05) is 12.9 Å². The Morgan fingerprint density at radius 1 is 1.44 bits per heavy atom. The van der Waals surface area contributed by atoms with Crippen LogP contribution in [0.2, 0.25) is 5.28 Å². The van der Waals surface area contributed by atoms with E-state index in [4.69, 9.17) is 27.0 Å². The van der Waals surface area contributed by atoms with Crippen LogP contribution in [0.1, 0.15) is 6.23 Å². The monoisotopic (exact) mass is 394 g/mol. The van der Waals surface area contributed by atoms with Crippen molar-refractivity contribution in [1.29, 1.82) is 0 Å². The van der Waals surface area contributed by atoms with E-state index in [9.17, 15) is 14.8 Å². The van der Waals surface area contributed by atoms with E-state index in [1.807, 2.05) is 0 Å². The number of aromatic nitrogens is 3. The van der Waals surface area contributed by atoms with Gasteiger partial charge in [0.1, 0.15) is 36.4 Å². The van der Waals surface area contributed by atoms with Crippen molar-refractivity contribution >= 4 is 36.0 Å². The lowest BCUT2D eigenvalue weighted by Crippen LogP contribution is -2.33. The Hall–Kier alpha value is -1.30. The highest BCUT2D eigenvalue weighted by molar-refractivity contribution is 7.51. The number of halogens is 1. The van der Waals surface area contributed by atoms with E-state index in [0.29, 0.717) is 11.0 Å². The molecule has 3 heterocycles. The topological polar surface area (TPSA) is 162 Å². The summed E-state index contributed by atoms with van der Waals surface area (Å²) < 4.78 is 22.3. The Balaban J connectivity index is 1.80. The summed E-state index contributed by atoms with van der Waals surface area (Å²) in [6.07, 6.45) is -3.09. The molecule has 1 unspecified atom stereocenters. The van der Waals surface area contributed by atoms with Gasteiger partial charge >= 0.3 is 7.60 Å². The zero-order valence-corrected chi connectivity index (χ0v) is 14.5. The summed E-state index contributed by atoms with van der Waals surface area (Å²) in [5.41, 5.74) is 6.10. The second kappa shape index (κ2) is 6.78. The first-order valence-electron chi connectivity index (χ1n) is 7.10. The van der Waals surface area contributed by atoms with Crippen molar-refractivity contribution < 1.29 is 34.0 Å². The first-order chi connectivity index (χ1) is 11.7. The molecule has 0 amide bonds. The Labute approximate surface area is 146 Å². The predicted molar refractivity (Wildman–Crippen MR) is 85.7 cm³/mol. The van der Waals surface area contributed by atoms with Crippen molar-refractivity contribution in [2.45, 2.75) is 24.5 Å². The van der Waals surface area contributed by atoms with Crippen LogP contribution < -0.4 is 5.73 Å². The molecule has 5 N–H and O–H groups in total. The van der Waals surface area contributed by atoms with E-state index in [2.05, 4.69) is 19.5 Å². The van der Waals surface area contributed by atoms with Gasteiger partial charge in [-0.15, -0.1) is 4.67 Å². The number of anilines is 1. The summed E-state index contributed by atoms with van der Waals surface area (Å²) >= 11 is 5.81. The average Bonchev–Trinajstić information content (AvgIpc) is 3.02. The summed E-state index contributed by atoms with van der Waals surface area (Å²) in [6.45, 7) is 0.570. The molecule has 138 valence electrons. The third kappa shape index (κ3) is 3.78. The van der Waals surface area contributed by atoms with Crippen LogP contribution in [0.3, 0.4) is 0 Å². The summed E-state index contributed by atoms with van der Waals surface area (Å²) in [4.78, 5) is 21.5. The smallest absolute Gasteiger partial charge is 0.352 e. The molecule has 0 radical (unpaired) electrons. The molecule has 13 heteroatoms. The SMILES string of the molecule is CP(=O)(O)OOC[C@H]1O[C@@H](n2ccc3c(N)nc(Cl)nc32)[C@H](O)[C@@H]1O. The van der Waals surface area contributed by atoms with Crippen molar-refractivity contribution in [2.75, 3.05) is 19.0 Å². The minimum Gasteiger partial charge on any atom is -0.387 e. The Kier molecular flexibility index (Phi) is 5.02. The molecular weight excluding hydrogens is 379 g/mol. The number of aliphatic hydroxyl groups excluding tert-OH is 2. The maximum atomic E-state index is 11.0. The van der Waals surface area contributed by atoms with E-state index in [1.165, 1.54) is 4.57 Å². The molecule has 5 atom stereocenters. The number of hydrogen-bond acceptors (Lipinski definition) is 9. The molecule has 3 rings (SSSR count). The van der Waals surface area contributed by atoms with Crippen molar-refractivity contribution in [3.8, 4) is 0 Å². The number of nitrogens with zero attached hydrogens (tertiary/aromatic N) is 3. The fraction of sp³-hybridized carbons (Fsp3) is 0.500. The number of nitrogens with two attached hydrogens (primary N) is 1. The van der Waals surface area contributed by atoms with Gasteiger partial charge in [0.05, 0.1) is 5.39 Å². The fourth-order valence-corrected chi connectivity index (χ4v) is 2.95. The summed E-state index contributed by atoms with van der Waals surface area (Å²) in [6, 6.07) is 1.62. The van der Waals surface area contributed by atoms with E-state index >= 15 is 0 Å². The molecule has 0 aromatic carbocycles. The number of fused-ring (bicyclic) bond motifs is 1. The standard InChI is InChI=1S/C12H16ClN4O7P/c1-25(20,21)24-22-4-6-7(18)8(19)11(23-6)17-3-2-5-9(14)15-12(13)16-10(5)17/h2-3,6-8,11,18-19H,4H2,1H3,(H,20,21)(H2,14,15,16)/t6-,7-,8-,11-/m1/s1. The maximum absolute atomic E-state index is 11.0. The maximum Gasteiger partial charge on any atom is 0.352 e. The van der Waals surface area contributed by atoms with Crippen LogP contribution in [0, 0.1) is 0 Å². The molecule has 0 saturated carbocycles. The Morgan fingerprint density at radius 2 is 2.16 bits per heavy atom. The predicted octanol–water partition coefficient (Wildman–Crippen LogP) is 0.0495. The Bertz CT molecular complexity index is 827. The van der Waals surface area contributed by atoms with Gasteiger partial charge in [-0.3, -0.25) is 4.57 Å². The van der Waals surface area contributed by atoms with Crippen LogP contribution in [-0.2, 0) is 18.9 Å². The third-order valence-corrected chi connectivity index (χ3v) is 4.16. The molecule has 2 aromatic rings. The number of nitrogen functional groups attached to an aromatic ring is 1. The second-order valence-electron chi connectivity index (χ2n) is 5.55. The number of aliphatic hydroxyl groups is 2. The third-order valence-electron chi connectivity index (χ3n) is 3.61. The minimum absolute atomic E-state index is 0.0760. The second-order valence-corrected chi connectivity index (χ2v) is 7.64. The molecule has 0 bridgehead atoms. The highest BCUT2D eigenvalue weighted by atomic mass is 35.5. The molecule has 25 heavy (non-hydrogen) atoms. The number of hydrogen-bond donors (Lipinski definition) is 4. The van der Waals surface area contributed by atoms with Gasteiger partial charge in [0.15, 0.2) is 6.23 Å². The quantitative estimate of drug-likeness (QED) is 0.236. The lowest BCUT2D eigenvalue weighted by atomic mass is 10.1. The van der Waals surface area contributed by atoms with Gasteiger partial charge in [-0.1, -0.05) is 0 Å². The molecular formula is C12H16ClN4O7P. The molecule has 0 spiro atoms. The van der Waals surface area contributed by atoms with Crippen LogP contribution in [0.4, 0.5) is 5.82 Å². The average molecular weight is 395 g/mol. The molecule has 0 aliphatic carbocycles. The number of ether oxygens (including phenoxy) is 1. The number of rotatable bonds is 5. The molecule has 11 nitrogen and oxygen atoms in total. The summed E-state index contributed by atoms with van der Waals surface area (Å²) in [7, 11) is -3.84. The van der Waals surface area contributed by atoms with Gasteiger partial charge in [-0.25, -0.2) is 9.87 Å². The Morgan fingerprint density at radius 3 is 2.84 bits per heavy atom. The van der Waals surface area contributed by atoms with Crippen LogP contribution in [-0.4, -0.2) is 61.2 Å². The van der Waals surface area contributed by atoms with Crippen molar-refractivity contribution in [3.05, 3.63) is 17.5 Å². The van der Waals surface area contributed by atoms with Crippen LogP contribution in [0.25, 0.3) is 11.0 Å². The molecule has 1 aliphatic rings. The fourth-order valence-electron chi connectivity index (χ4n) is 2.53. The first-order valence-corrected chi connectivity index (χ1v) is 9.50. The zero-order valence-electron chi connectivity index (χ0n) is 12.9. The normalized spacial score (nSPS) is 29.2. The van der Waals surface area contributed by atoms with Crippen LogP contribution in [0.5, 0.6) is 0 Å². The van der Waals surface area contributed by atoms with E-state index < -0.39 is 32.1 Å². The van der Waals surface area contributed by atoms with E-state index in [0.717, 1.165) is 6.66 Å². The summed E-state index contributed by atoms with van der Waals surface area (Å²) in [5, 5.41) is 20.8. The molecule has 1 fully saturated rings. The molecule has 1 saturated heterocycles. The van der Waals surface area contributed by atoms with E-state index in [-0.39, 0.29) is 17.7 Å². The van der Waals surface area contributed by atoms with Gasteiger partial charge in [0.25, 0.3) is 0 Å². The highest BCUT2D eigenvalue weighted by Gasteiger charge is 2.44. The largest absolute Gasteiger partial charge is 0.387 e. The van der Waals surface area contributed by atoms with Crippen molar-refractivity contribution in [2.24, 2.45) is 0 Å².